The van der Waals surface area contributed by atoms with Crippen molar-refractivity contribution in [3.05, 3.63) is 59.1 Å². The van der Waals surface area contributed by atoms with Crippen molar-refractivity contribution in [2.75, 3.05) is 11.9 Å². The van der Waals surface area contributed by atoms with Gasteiger partial charge in [0, 0.05) is 5.69 Å². The quantitative estimate of drug-likeness (QED) is 0.701. The second-order valence-corrected chi connectivity index (χ2v) is 6.29. The molecule has 3 N–H and O–H groups in total. The molecule has 1 aliphatic rings. The lowest BCUT2D eigenvalue weighted by Crippen LogP contribution is -2.40. The van der Waals surface area contributed by atoms with Crippen LogP contribution in [0.4, 0.5) is 10.5 Å². The first-order valence-electron chi connectivity index (χ1n) is 7.80. The van der Waals surface area contributed by atoms with E-state index in [-0.39, 0.29) is 12.5 Å². The Morgan fingerprint density at radius 2 is 1.96 bits per heavy atom. The maximum Gasteiger partial charge on any atom is 0.322 e. The molecule has 0 unspecified atom stereocenters. The lowest BCUT2D eigenvalue weighted by Gasteiger charge is -2.21. The summed E-state index contributed by atoms with van der Waals surface area (Å²) < 4.78 is 5.39. The average molecular weight is 374 g/mol. The Kier molecular flexibility index (Phi) is 4.81. The van der Waals surface area contributed by atoms with Crippen molar-refractivity contribution in [3.63, 3.8) is 0 Å². The van der Waals surface area contributed by atoms with Crippen LogP contribution in [0.5, 0.6) is 5.75 Å². The van der Waals surface area contributed by atoms with Crippen molar-refractivity contribution in [2.45, 2.75) is 12.5 Å². The van der Waals surface area contributed by atoms with Crippen LogP contribution in [0.1, 0.15) is 12.5 Å². The zero-order valence-electron chi connectivity index (χ0n) is 13.8. The summed E-state index contributed by atoms with van der Waals surface area (Å²) in [6.07, 6.45) is 0. The monoisotopic (exact) mass is 373 g/mol. The topological polar surface area (TPSA) is 96.5 Å². The zero-order chi connectivity index (χ0) is 18.7. The van der Waals surface area contributed by atoms with E-state index in [1.54, 1.807) is 55.5 Å². The fraction of sp³-hybridized carbons (Fsp3) is 0.167. The molecule has 8 heteroatoms. The molecule has 26 heavy (non-hydrogen) atoms. The van der Waals surface area contributed by atoms with Crippen LogP contribution < -0.4 is 20.7 Å². The van der Waals surface area contributed by atoms with Crippen LogP contribution in [0.25, 0.3) is 0 Å². The van der Waals surface area contributed by atoms with Crippen molar-refractivity contribution in [1.82, 2.24) is 10.6 Å². The third-order valence-electron chi connectivity index (χ3n) is 3.96. The molecule has 2 aromatic carbocycles. The molecule has 4 amide bonds. The first-order valence-corrected chi connectivity index (χ1v) is 8.17. The van der Waals surface area contributed by atoms with E-state index in [0.717, 1.165) is 0 Å². The standard InChI is InChI=1S/C18H16ClN3O4/c1-18(16(24)21-17(25)22-18)11-5-4-6-12(9-11)20-15(23)10-26-14-8-3-2-7-13(14)19/h2-9H,10H2,1H3,(H,20,23)(H2,21,22,24,25)/t18-/m1/s1. The highest BCUT2D eigenvalue weighted by Gasteiger charge is 2.43. The van der Waals surface area contributed by atoms with Crippen LogP contribution in [0, 0.1) is 0 Å². The first-order chi connectivity index (χ1) is 12.4. The number of hydrogen-bond acceptors (Lipinski definition) is 4. The molecule has 1 saturated heterocycles. The molecular weight excluding hydrogens is 358 g/mol. The third-order valence-corrected chi connectivity index (χ3v) is 4.28. The second-order valence-electron chi connectivity index (χ2n) is 5.88. The van der Waals surface area contributed by atoms with Crippen LogP contribution in [0.15, 0.2) is 48.5 Å². The number of imide groups is 1. The predicted octanol–water partition coefficient (Wildman–Crippen LogP) is 2.41. The number of hydrogen-bond donors (Lipinski definition) is 3. The minimum atomic E-state index is -1.19. The number of carbonyl (C=O) groups excluding carboxylic acids is 3. The number of amides is 4. The number of benzene rings is 2. The molecule has 1 fully saturated rings. The Bertz CT molecular complexity index is 886. The molecular formula is C18H16ClN3O4. The summed E-state index contributed by atoms with van der Waals surface area (Å²) in [4.78, 5) is 35.5. The van der Waals surface area contributed by atoms with Gasteiger partial charge in [-0.15, -0.1) is 0 Å². The summed E-state index contributed by atoms with van der Waals surface area (Å²) in [5.41, 5.74) is -0.164. The van der Waals surface area contributed by atoms with Gasteiger partial charge in [-0.2, -0.15) is 0 Å². The number of para-hydroxylation sites is 1. The summed E-state index contributed by atoms with van der Waals surface area (Å²) in [7, 11) is 0. The first kappa shape index (κ1) is 17.8. The fourth-order valence-electron chi connectivity index (χ4n) is 2.56. The number of urea groups is 1. The zero-order valence-corrected chi connectivity index (χ0v) is 14.6. The predicted molar refractivity (Wildman–Crippen MR) is 96.0 cm³/mol. The van der Waals surface area contributed by atoms with Gasteiger partial charge in [0.25, 0.3) is 11.8 Å². The molecule has 7 nitrogen and oxygen atoms in total. The number of halogens is 1. The van der Waals surface area contributed by atoms with E-state index < -0.39 is 17.5 Å². The van der Waals surface area contributed by atoms with E-state index in [9.17, 15) is 14.4 Å². The summed E-state index contributed by atoms with van der Waals surface area (Å²) in [5.74, 6) is -0.420. The largest absolute Gasteiger partial charge is 0.482 e. The number of nitrogens with one attached hydrogen (secondary N) is 3. The highest BCUT2D eigenvalue weighted by molar-refractivity contribution is 6.32. The number of anilines is 1. The summed E-state index contributed by atoms with van der Waals surface area (Å²) in [6.45, 7) is 1.37. The van der Waals surface area contributed by atoms with Crippen LogP contribution in [0.2, 0.25) is 5.02 Å². The Balaban J connectivity index is 1.67. The molecule has 0 aliphatic carbocycles. The lowest BCUT2D eigenvalue weighted by molar-refractivity contribution is -0.123. The van der Waals surface area contributed by atoms with Gasteiger partial charge in [0.2, 0.25) is 0 Å². The Morgan fingerprint density at radius 1 is 1.19 bits per heavy atom. The minimum absolute atomic E-state index is 0.220. The van der Waals surface area contributed by atoms with Gasteiger partial charge in [-0.1, -0.05) is 35.9 Å². The summed E-state index contributed by atoms with van der Waals surface area (Å²) in [5, 5.41) is 7.88. The number of carbonyl (C=O) groups is 3. The van der Waals surface area contributed by atoms with Gasteiger partial charge < -0.3 is 15.4 Å². The highest BCUT2D eigenvalue weighted by Crippen LogP contribution is 2.27. The van der Waals surface area contributed by atoms with Crippen LogP contribution in [-0.2, 0) is 15.1 Å². The van der Waals surface area contributed by atoms with Gasteiger partial charge in [0.05, 0.1) is 5.02 Å². The third kappa shape index (κ3) is 3.62. The maximum atomic E-state index is 12.1. The molecule has 0 aromatic heterocycles. The molecule has 2 aromatic rings. The molecule has 134 valence electrons. The molecule has 0 radical (unpaired) electrons. The van der Waals surface area contributed by atoms with Gasteiger partial charge in [-0.3, -0.25) is 14.9 Å². The van der Waals surface area contributed by atoms with E-state index >= 15 is 0 Å². The molecule has 0 bridgehead atoms. The number of ether oxygens (including phenoxy) is 1. The van der Waals surface area contributed by atoms with Gasteiger partial charge in [-0.05, 0) is 36.8 Å². The van der Waals surface area contributed by atoms with E-state index in [2.05, 4.69) is 16.0 Å². The Labute approximate surface area is 154 Å². The van der Waals surface area contributed by atoms with Gasteiger partial charge >= 0.3 is 6.03 Å². The van der Waals surface area contributed by atoms with Crippen molar-refractivity contribution in [2.24, 2.45) is 0 Å². The molecule has 1 heterocycles. The number of rotatable bonds is 5. The van der Waals surface area contributed by atoms with Crippen LogP contribution in [-0.4, -0.2) is 24.5 Å². The SMILES string of the molecule is C[C@]1(c2cccc(NC(=O)COc3ccccc3Cl)c2)NC(=O)NC1=O. The van der Waals surface area contributed by atoms with Crippen molar-refractivity contribution in [1.29, 1.82) is 0 Å². The van der Waals surface area contributed by atoms with Crippen molar-refractivity contribution >= 4 is 35.1 Å². The maximum absolute atomic E-state index is 12.1. The van der Waals surface area contributed by atoms with Gasteiger partial charge in [0.15, 0.2) is 6.61 Å². The molecule has 1 aliphatic heterocycles. The highest BCUT2D eigenvalue weighted by atomic mass is 35.5. The average Bonchev–Trinajstić information content (AvgIpc) is 2.87. The molecule has 3 rings (SSSR count). The van der Waals surface area contributed by atoms with E-state index in [4.69, 9.17) is 16.3 Å². The van der Waals surface area contributed by atoms with E-state index in [1.807, 2.05) is 0 Å². The summed E-state index contributed by atoms with van der Waals surface area (Å²) >= 11 is 5.97. The molecule has 0 spiro atoms. The van der Waals surface area contributed by atoms with Crippen molar-refractivity contribution in [3.8, 4) is 5.75 Å². The van der Waals surface area contributed by atoms with E-state index in [1.165, 1.54) is 0 Å². The van der Waals surface area contributed by atoms with E-state index in [0.29, 0.717) is 22.0 Å². The summed E-state index contributed by atoms with van der Waals surface area (Å²) in [6, 6.07) is 13.0. The Hall–Kier alpha value is -3.06. The second kappa shape index (κ2) is 7.05. The van der Waals surface area contributed by atoms with Crippen molar-refractivity contribution < 1.29 is 19.1 Å². The normalized spacial score (nSPS) is 18.8. The Morgan fingerprint density at radius 3 is 2.65 bits per heavy atom. The van der Waals surface area contributed by atoms with Gasteiger partial charge in [-0.25, -0.2) is 4.79 Å². The molecule has 1 atom stereocenters. The van der Waals surface area contributed by atoms with Crippen LogP contribution in [0.3, 0.4) is 0 Å². The fourth-order valence-corrected chi connectivity index (χ4v) is 2.75. The molecule has 0 saturated carbocycles. The van der Waals surface area contributed by atoms with Gasteiger partial charge in [0.1, 0.15) is 11.3 Å². The van der Waals surface area contributed by atoms with Crippen LogP contribution >= 0.6 is 11.6 Å². The minimum Gasteiger partial charge on any atom is -0.482 e. The smallest absolute Gasteiger partial charge is 0.322 e. The lowest BCUT2D eigenvalue weighted by atomic mass is 9.92.